The van der Waals surface area contributed by atoms with Crippen LogP contribution in [0.15, 0.2) is 48.8 Å². The zero-order valence-corrected chi connectivity index (χ0v) is 17.2. The number of piperidine rings is 1. The van der Waals surface area contributed by atoms with E-state index < -0.39 is 0 Å². The molecule has 0 spiro atoms. The van der Waals surface area contributed by atoms with Crippen LogP contribution in [0.3, 0.4) is 0 Å². The molecule has 1 aromatic carbocycles. The maximum absolute atomic E-state index is 12.5. The van der Waals surface area contributed by atoms with Crippen LogP contribution in [0.25, 0.3) is 0 Å². The molecular formula is C23H30N4O2. The van der Waals surface area contributed by atoms with Gasteiger partial charge in [-0.1, -0.05) is 19.1 Å². The molecule has 2 unspecified atom stereocenters. The normalized spacial score (nSPS) is 17.4. The first-order chi connectivity index (χ1) is 14.0. The number of anilines is 1. The number of hydrogen-bond donors (Lipinski definition) is 2. The SMILES string of the molecule is CC(CC(=O)NCc1ccc(N(C)C(=O)c2ccncc2)cc1)C1CCCNC1. The van der Waals surface area contributed by atoms with Gasteiger partial charge < -0.3 is 15.5 Å². The standard InChI is InChI=1S/C23H30N4O2/c1-17(20-4-3-11-25-16-20)14-22(28)26-15-18-5-7-21(8-6-18)27(2)23(29)19-9-12-24-13-10-19/h5-10,12-13,17,20,25H,3-4,11,14-16H2,1-2H3,(H,26,28). The molecule has 2 heterocycles. The Morgan fingerprint density at radius 1 is 1.21 bits per heavy atom. The first kappa shape index (κ1) is 21.0. The van der Waals surface area contributed by atoms with Crippen LogP contribution in [-0.2, 0) is 11.3 Å². The van der Waals surface area contributed by atoms with Crippen molar-refractivity contribution in [1.29, 1.82) is 0 Å². The number of nitrogens with one attached hydrogen (secondary N) is 2. The number of nitrogens with zero attached hydrogens (tertiary/aromatic N) is 2. The summed E-state index contributed by atoms with van der Waals surface area (Å²) in [5.41, 5.74) is 2.42. The van der Waals surface area contributed by atoms with Gasteiger partial charge in [-0.15, -0.1) is 0 Å². The molecule has 6 nitrogen and oxygen atoms in total. The van der Waals surface area contributed by atoms with Crippen molar-refractivity contribution in [2.45, 2.75) is 32.7 Å². The summed E-state index contributed by atoms with van der Waals surface area (Å²) in [5, 5.41) is 6.44. The minimum absolute atomic E-state index is 0.0837. The van der Waals surface area contributed by atoms with Crippen LogP contribution in [0, 0.1) is 11.8 Å². The summed E-state index contributed by atoms with van der Waals surface area (Å²) < 4.78 is 0. The van der Waals surface area contributed by atoms with E-state index in [1.165, 1.54) is 12.8 Å². The van der Waals surface area contributed by atoms with Crippen LogP contribution in [-0.4, -0.2) is 36.9 Å². The van der Waals surface area contributed by atoms with Gasteiger partial charge in [0, 0.05) is 43.7 Å². The molecule has 2 N–H and O–H groups in total. The van der Waals surface area contributed by atoms with E-state index in [1.54, 1.807) is 36.5 Å². The van der Waals surface area contributed by atoms with E-state index in [-0.39, 0.29) is 11.8 Å². The van der Waals surface area contributed by atoms with E-state index in [0.717, 1.165) is 24.3 Å². The van der Waals surface area contributed by atoms with Crippen molar-refractivity contribution < 1.29 is 9.59 Å². The first-order valence-electron chi connectivity index (χ1n) is 10.3. The van der Waals surface area contributed by atoms with Gasteiger partial charge in [0.05, 0.1) is 0 Å². The summed E-state index contributed by atoms with van der Waals surface area (Å²) in [4.78, 5) is 30.4. The zero-order valence-electron chi connectivity index (χ0n) is 17.2. The van der Waals surface area contributed by atoms with Gasteiger partial charge in [-0.2, -0.15) is 0 Å². The minimum Gasteiger partial charge on any atom is -0.352 e. The van der Waals surface area contributed by atoms with Crippen molar-refractivity contribution in [3.05, 3.63) is 59.9 Å². The molecule has 1 aliphatic rings. The van der Waals surface area contributed by atoms with Crippen LogP contribution in [0.5, 0.6) is 0 Å². The molecule has 0 radical (unpaired) electrons. The molecular weight excluding hydrogens is 364 g/mol. The lowest BCUT2D eigenvalue weighted by molar-refractivity contribution is -0.122. The Bertz CT molecular complexity index is 801. The molecule has 2 atom stereocenters. The van der Waals surface area contributed by atoms with Gasteiger partial charge in [-0.3, -0.25) is 14.6 Å². The molecule has 0 aliphatic carbocycles. The quantitative estimate of drug-likeness (QED) is 0.757. The molecule has 6 heteroatoms. The number of amides is 2. The first-order valence-corrected chi connectivity index (χ1v) is 10.3. The van der Waals surface area contributed by atoms with Gasteiger partial charge in [0.1, 0.15) is 0 Å². The second kappa shape index (κ2) is 10.2. The predicted octanol–water partition coefficient (Wildman–Crippen LogP) is 3.00. The van der Waals surface area contributed by atoms with E-state index in [0.29, 0.717) is 30.4 Å². The van der Waals surface area contributed by atoms with Gasteiger partial charge in [0.25, 0.3) is 5.91 Å². The smallest absolute Gasteiger partial charge is 0.258 e. The van der Waals surface area contributed by atoms with Crippen LogP contribution in [0.4, 0.5) is 5.69 Å². The molecule has 1 fully saturated rings. The van der Waals surface area contributed by atoms with E-state index in [4.69, 9.17) is 0 Å². The Balaban J connectivity index is 1.48. The summed E-state index contributed by atoms with van der Waals surface area (Å²) in [6.45, 7) is 4.77. The zero-order chi connectivity index (χ0) is 20.6. The molecule has 0 saturated carbocycles. The second-order valence-corrected chi connectivity index (χ2v) is 7.83. The average molecular weight is 395 g/mol. The van der Waals surface area contributed by atoms with Crippen molar-refractivity contribution in [2.75, 3.05) is 25.0 Å². The fourth-order valence-corrected chi connectivity index (χ4v) is 3.74. The number of hydrogen-bond acceptors (Lipinski definition) is 4. The highest BCUT2D eigenvalue weighted by atomic mass is 16.2. The Kier molecular flexibility index (Phi) is 7.36. The summed E-state index contributed by atoms with van der Waals surface area (Å²) in [6, 6.07) is 11.1. The van der Waals surface area contributed by atoms with Gasteiger partial charge >= 0.3 is 0 Å². The average Bonchev–Trinajstić information content (AvgIpc) is 2.78. The van der Waals surface area contributed by atoms with Gasteiger partial charge in [-0.05, 0) is 67.6 Å². The van der Waals surface area contributed by atoms with Crippen molar-refractivity contribution >= 4 is 17.5 Å². The number of carbonyl (C=O) groups is 2. The minimum atomic E-state index is -0.0837. The number of benzene rings is 1. The van der Waals surface area contributed by atoms with Crippen molar-refractivity contribution in [3.8, 4) is 0 Å². The molecule has 1 saturated heterocycles. The summed E-state index contributed by atoms with van der Waals surface area (Å²) in [5.74, 6) is 0.983. The highest BCUT2D eigenvalue weighted by Crippen LogP contribution is 2.22. The number of pyridine rings is 1. The van der Waals surface area contributed by atoms with Crippen LogP contribution in [0.1, 0.15) is 42.1 Å². The number of carbonyl (C=O) groups excluding carboxylic acids is 2. The highest BCUT2D eigenvalue weighted by molar-refractivity contribution is 6.05. The summed E-state index contributed by atoms with van der Waals surface area (Å²) in [7, 11) is 1.75. The molecule has 3 rings (SSSR count). The van der Waals surface area contributed by atoms with Crippen molar-refractivity contribution in [3.63, 3.8) is 0 Å². The maximum Gasteiger partial charge on any atom is 0.258 e. The molecule has 2 aromatic rings. The fraction of sp³-hybridized carbons (Fsp3) is 0.435. The lowest BCUT2D eigenvalue weighted by Gasteiger charge is -2.28. The largest absolute Gasteiger partial charge is 0.352 e. The fourth-order valence-electron chi connectivity index (χ4n) is 3.74. The van der Waals surface area contributed by atoms with E-state index in [2.05, 4.69) is 22.5 Å². The Labute approximate surface area is 172 Å². The lowest BCUT2D eigenvalue weighted by atomic mass is 9.85. The van der Waals surface area contributed by atoms with Gasteiger partial charge in [-0.25, -0.2) is 0 Å². The molecule has 29 heavy (non-hydrogen) atoms. The van der Waals surface area contributed by atoms with E-state index in [1.807, 2.05) is 24.3 Å². The summed E-state index contributed by atoms with van der Waals surface area (Å²) in [6.07, 6.45) is 6.18. The highest BCUT2D eigenvalue weighted by Gasteiger charge is 2.21. The Morgan fingerprint density at radius 2 is 1.93 bits per heavy atom. The topological polar surface area (TPSA) is 74.3 Å². The van der Waals surface area contributed by atoms with Crippen molar-refractivity contribution in [1.82, 2.24) is 15.6 Å². The maximum atomic E-state index is 12.5. The predicted molar refractivity (Wildman–Crippen MR) is 115 cm³/mol. The monoisotopic (exact) mass is 394 g/mol. The molecule has 1 aromatic heterocycles. The third kappa shape index (κ3) is 5.87. The molecule has 2 amide bonds. The van der Waals surface area contributed by atoms with E-state index in [9.17, 15) is 9.59 Å². The molecule has 0 bridgehead atoms. The Morgan fingerprint density at radius 3 is 2.59 bits per heavy atom. The molecule has 154 valence electrons. The van der Waals surface area contributed by atoms with Crippen LogP contribution in [0.2, 0.25) is 0 Å². The van der Waals surface area contributed by atoms with Gasteiger partial charge in [0.15, 0.2) is 0 Å². The molecule has 1 aliphatic heterocycles. The van der Waals surface area contributed by atoms with Gasteiger partial charge in [0.2, 0.25) is 5.91 Å². The van der Waals surface area contributed by atoms with E-state index >= 15 is 0 Å². The van der Waals surface area contributed by atoms with Crippen LogP contribution >= 0.6 is 0 Å². The lowest BCUT2D eigenvalue weighted by Crippen LogP contribution is -2.35. The van der Waals surface area contributed by atoms with Crippen LogP contribution < -0.4 is 15.5 Å². The Hall–Kier alpha value is -2.73. The summed E-state index contributed by atoms with van der Waals surface area (Å²) >= 11 is 0. The third-order valence-electron chi connectivity index (χ3n) is 5.69. The second-order valence-electron chi connectivity index (χ2n) is 7.83. The third-order valence-corrected chi connectivity index (χ3v) is 5.69. The number of rotatable bonds is 7. The van der Waals surface area contributed by atoms with Crippen molar-refractivity contribution in [2.24, 2.45) is 11.8 Å². The number of aromatic nitrogens is 1.